The first kappa shape index (κ1) is 13.1. The minimum atomic E-state index is -0.625. The summed E-state index contributed by atoms with van der Waals surface area (Å²) in [5, 5.41) is -0.176. The van der Waals surface area contributed by atoms with Crippen LogP contribution in [-0.2, 0) is 14.3 Å². The van der Waals surface area contributed by atoms with Crippen LogP contribution in [0.3, 0.4) is 0 Å². The average molecular weight is 259 g/mol. The van der Waals surface area contributed by atoms with Gasteiger partial charge in [0, 0.05) is 11.9 Å². The van der Waals surface area contributed by atoms with Gasteiger partial charge in [-0.3, -0.25) is 9.59 Å². The first-order chi connectivity index (χ1) is 7.54. The van der Waals surface area contributed by atoms with Gasteiger partial charge >= 0.3 is 5.97 Å². The van der Waals surface area contributed by atoms with Gasteiger partial charge in [0.2, 0.25) is 0 Å². The number of thioether (sulfide) groups is 1. The van der Waals surface area contributed by atoms with E-state index >= 15 is 0 Å². The van der Waals surface area contributed by atoms with E-state index in [0.29, 0.717) is 10.6 Å². The minimum absolute atomic E-state index is 0.134. The second kappa shape index (κ2) is 5.92. The van der Waals surface area contributed by atoms with Crippen LogP contribution in [-0.4, -0.2) is 18.2 Å². The molecule has 5 heteroatoms. The van der Waals surface area contributed by atoms with E-state index in [0.717, 1.165) is 11.8 Å². The molecule has 1 unspecified atom stereocenters. The quantitative estimate of drug-likeness (QED) is 0.782. The molecule has 1 aromatic rings. The molecule has 0 saturated heterocycles. The van der Waals surface area contributed by atoms with Crippen LogP contribution >= 0.6 is 23.4 Å². The Kier molecular flexibility index (Phi) is 4.83. The maximum Gasteiger partial charge on any atom is 0.323 e. The largest absolute Gasteiger partial charge is 0.468 e. The zero-order valence-electron chi connectivity index (χ0n) is 8.90. The lowest BCUT2D eigenvalue weighted by molar-refractivity contribution is -0.140. The molecule has 0 bridgehead atoms. The molecule has 0 aromatic heterocycles. The lowest BCUT2D eigenvalue weighted by Gasteiger charge is -2.12. The van der Waals surface area contributed by atoms with Crippen molar-refractivity contribution < 1.29 is 14.3 Å². The number of methoxy groups -OCH3 is 1. The Morgan fingerprint density at radius 3 is 2.31 bits per heavy atom. The number of ether oxygens (including phenoxy) is 1. The van der Waals surface area contributed by atoms with E-state index in [-0.39, 0.29) is 5.12 Å². The van der Waals surface area contributed by atoms with E-state index in [1.54, 1.807) is 24.3 Å². The van der Waals surface area contributed by atoms with Gasteiger partial charge in [-0.25, -0.2) is 0 Å². The van der Waals surface area contributed by atoms with E-state index in [1.807, 2.05) is 0 Å². The fourth-order valence-corrected chi connectivity index (χ4v) is 2.11. The number of halogens is 1. The highest BCUT2D eigenvalue weighted by Gasteiger charge is 2.23. The van der Waals surface area contributed by atoms with E-state index in [1.165, 1.54) is 14.0 Å². The van der Waals surface area contributed by atoms with Gasteiger partial charge in [-0.05, 0) is 17.7 Å². The van der Waals surface area contributed by atoms with E-state index in [9.17, 15) is 9.59 Å². The zero-order valence-corrected chi connectivity index (χ0v) is 10.5. The molecule has 0 aliphatic rings. The Balaban J connectivity index is 2.96. The van der Waals surface area contributed by atoms with Gasteiger partial charge in [-0.15, -0.1) is 0 Å². The van der Waals surface area contributed by atoms with Crippen molar-refractivity contribution in [3.63, 3.8) is 0 Å². The maximum absolute atomic E-state index is 11.5. The number of benzene rings is 1. The molecule has 86 valence electrons. The summed E-state index contributed by atoms with van der Waals surface area (Å²) in [6.07, 6.45) is 0. The molecule has 3 nitrogen and oxygen atoms in total. The molecular formula is C11H11ClO3S. The van der Waals surface area contributed by atoms with E-state index in [4.69, 9.17) is 11.6 Å². The van der Waals surface area contributed by atoms with E-state index < -0.39 is 11.2 Å². The average Bonchev–Trinajstić information content (AvgIpc) is 2.26. The van der Waals surface area contributed by atoms with Crippen LogP contribution in [0.2, 0.25) is 5.02 Å². The molecule has 16 heavy (non-hydrogen) atoms. The van der Waals surface area contributed by atoms with Crippen molar-refractivity contribution in [2.45, 2.75) is 12.2 Å². The predicted octanol–water partition coefficient (Wildman–Crippen LogP) is 2.83. The van der Waals surface area contributed by atoms with Gasteiger partial charge in [0.25, 0.3) is 0 Å². The fourth-order valence-electron chi connectivity index (χ4n) is 1.16. The van der Waals surface area contributed by atoms with Crippen molar-refractivity contribution in [1.29, 1.82) is 0 Å². The molecule has 0 spiro atoms. The first-order valence-electron chi connectivity index (χ1n) is 4.55. The third-order valence-corrected chi connectivity index (χ3v) is 3.16. The molecular weight excluding hydrogens is 248 g/mol. The number of hydrogen-bond acceptors (Lipinski definition) is 4. The summed E-state index contributed by atoms with van der Waals surface area (Å²) in [5.41, 5.74) is 0.705. The highest BCUT2D eigenvalue weighted by Crippen LogP contribution is 2.31. The molecule has 0 saturated carbocycles. The molecule has 1 rings (SSSR count). The highest BCUT2D eigenvalue weighted by molar-refractivity contribution is 8.14. The Morgan fingerprint density at radius 1 is 1.31 bits per heavy atom. The van der Waals surface area contributed by atoms with E-state index in [2.05, 4.69) is 4.74 Å². The van der Waals surface area contributed by atoms with Crippen LogP contribution < -0.4 is 0 Å². The van der Waals surface area contributed by atoms with Crippen LogP contribution in [0.15, 0.2) is 24.3 Å². The summed E-state index contributed by atoms with van der Waals surface area (Å²) in [6, 6.07) is 6.76. The Hall–Kier alpha value is -1.00. The Morgan fingerprint density at radius 2 is 1.88 bits per heavy atom. The smallest absolute Gasteiger partial charge is 0.323 e. The van der Waals surface area contributed by atoms with Crippen LogP contribution in [0.4, 0.5) is 0 Å². The number of esters is 1. The topological polar surface area (TPSA) is 43.4 Å². The van der Waals surface area contributed by atoms with Gasteiger partial charge in [-0.2, -0.15) is 0 Å². The van der Waals surface area contributed by atoms with Crippen molar-refractivity contribution in [2.24, 2.45) is 0 Å². The van der Waals surface area contributed by atoms with Crippen LogP contribution in [0, 0.1) is 0 Å². The van der Waals surface area contributed by atoms with Crippen LogP contribution in [0.25, 0.3) is 0 Å². The maximum atomic E-state index is 11.5. The van der Waals surface area contributed by atoms with Crippen LogP contribution in [0.5, 0.6) is 0 Å². The minimum Gasteiger partial charge on any atom is -0.468 e. The molecule has 0 radical (unpaired) electrons. The predicted molar refractivity (Wildman–Crippen MR) is 64.5 cm³/mol. The number of hydrogen-bond donors (Lipinski definition) is 0. The normalized spacial score (nSPS) is 11.9. The SMILES string of the molecule is COC(=O)C(SC(C)=O)c1ccc(Cl)cc1. The summed E-state index contributed by atoms with van der Waals surface area (Å²) < 4.78 is 4.65. The summed E-state index contributed by atoms with van der Waals surface area (Å²) in [7, 11) is 1.30. The molecule has 0 aliphatic carbocycles. The second-order valence-electron chi connectivity index (χ2n) is 3.06. The van der Waals surface area contributed by atoms with Crippen molar-refractivity contribution in [2.75, 3.05) is 7.11 Å². The number of carbonyl (C=O) groups excluding carboxylic acids is 2. The number of carbonyl (C=O) groups is 2. The summed E-state index contributed by atoms with van der Waals surface area (Å²) in [4.78, 5) is 22.5. The lowest BCUT2D eigenvalue weighted by atomic mass is 10.1. The van der Waals surface area contributed by atoms with Gasteiger partial charge < -0.3 is 4.74 Å². The van der Waals surface area contributed by atoms with Gasteiger partial charge in [-0.1, -0.05) is 35.5 Å². The molecule has 0 heterocycles. The summed E-state index contributed by atoms with van der Waals surface area (Å²) in [5.74, 6) is -0.442. The molecule has 0 N–H and O–H groups in total. The molecule has 1 atom stereocenters. The zero-order chi connectivity index (χ0) is 12.1. The van der Waals surface area contributed by atoms with Gasteiger partial charge in [0.1, 0.15) is 5.25 Å². The summed E-state index contributed by atoms with van der Waals surface area (Å²) >= 11 is 6.68. The monoisotopic (exact) mass is 258 g/mol. The third kappa shape index (κ3) is 3.54. The molecule has 0 fully saturated rings. The van der Waals surface area contributed by atoms with Crippen LogP contribution in [0.1, 0.15) is 17.7 Å². The third-order valence-electron chi connectivity index (χ3n) is 1.87. The van der Waals surface area contributed by atoms with Gasteiger partial charge in [0.15, 0.2) is 5.12 Å². The van der Waals surface area contributed by atoms with Crippen molar-refractivity contribution in [1.82, 2.24) is 0 Å². The lowest BCUT2D eigenvalue weighted by Crippen LogP contribution is -2.12. The summed E-state index contributed by atoms with van der Waals surface area (Å²) in [6.45, 7) is 1.41. The molecule has 0 amide bonds. The second-order valence-corrected chi connectivity index (χ2v) is 4.78. The standard InChI is InChI=1S/C11H11ClO3S/c1-7(13)16-10(11(14)15-2)8-3-5-9(12)6-4-8/h3-6,10H,1-2H3. The van der Waals surface area contributed by atoms with Gasteiger partial charge in [0.05, 0.1) is 7.11 Å². The molecule has 0 aliphatic heterocycles. The molecule has 1 aromatic carbocycles. The Labute approximate surface area is 103 Å². The van der Waals surface area contributed by atoms with Crippen molar-refractivity contribution in [3.05, 3.63) is 34.9 Å². The first-order valence-corrected chi connectivity index (χ1v) is 5.81. The highest BCUT2D eigenvalue weighted by atomic mass is 35.5. The Bertz CT molecular complexity index is 389. The van der Waals surface area contributed by atoms with Crippen molar-refractivity contribution >= 4 is 34.4 Å². The van der Waals surface area contributed by atoms with Crippen molar-refractivity contribution in [3.8, 4) is 0 Å². The fraction of sp³-hybridized carbons (Fsp3) is 0.273. The number of rotatable bonds is 3.